The number of thiophene rings is 1. The monoisotopic (exact) mass is 387 g/mol. The van der Waals surface area contributed by atoms with Gasteiger partial charge < -0.3 is 15.4 Å². The lowest BCUT2D eigenvalue weighted by Gasteiger charge is -2.34. The van der Waals surface area contributed by atoms with Gasteiger partial charge in [-0.1, -0.05) is 31.2 Å². The summed E-state index contributed by atoms with van der Waals surface area (Å²) in [5.74, 6) is -1.25. The van der Waals surface area contributed by atoms with E-state index in [1.807, 2.05) is 42.6 Å². The van der Waals surface area contributed by atoms with Crippen LogP contribution < -0.4 is 10.6 Å². The van der Waals surface area contributed by atoms with Gasteiger partial charge in [0.25, 0.3) is 0 Å². The minimum absolute atomic E-state index is 0.0496. The topological polar surface area (TPSA) is 70.7 Å². The van der Waals surface area contributed by atoms with E-state index in [9.17, 15) is 9.59 Å². The molecule has 1 aliphatic heterocycles. The predicted octanol–water partition coefficient (Wildman–Crippen LogP) is 2.44. The Kier molecular flexibility index (Phi) is 6.98. The average Bonchev–Trinajstić information content (AvgIpc) is 3.23. The summed E-state index contributed by atoms with van der Waals surface area (Å²) < 4.78 is 5.43. The standard InChI is InChI=1S/C20H25N3O3S/c1-2-15-6-3-4-7-16(15)22-20(25)19(24)21-14-17(18-8-5-13-27-18)23-9-11-26-12-10-23/h3-8,13,17H,2,9-12,14H2,1H3,(H,21,24)(H,22,25)/t17-/m0/s1. The first-order valence-electron chi connectivity index (χ1n) is 9.21. The van der Waals surface area contributed by atoms with Crippen molar-refractivity contribution < 1.29 is 14.3 Å². The van der Waals surface area contributed by atoms with Crippen LogP contribution in [0.15, 0.2) is 41.8 Å². The number of nitrogens with one attached hydrogen (secondary N) is 2. The van der Waals surface area contributed by atoms with Crippen LogP contribution in [0.4, 0.5) is 5.69 Å². The molecule has 0 aliphatic carbocycles. The van der Waals surface area contributed by atoms with E-state index < -0.39 is 11.8 Å². The molecule has 2 N–H and O–H groups in total. The molecule has 2 aromatic rings. The number of anilines is 1. The number of morpholine rings is 1. The van der Waals surface area contributed by atoms with E-state index in [2.05, 4.69) is 21.6 Å². The number of hydrogen-bond acceptors (Lipinski definition) is 5. The van der Waals surface area contributed by atoms with Crippen LogP contribution in [-0.2, 0) is 20.7 Å². The lowest BCUT2D eigenvalue weighted by Crippen LogP contribution is -2.45. The second-order valence-corrected chi connectivity index (χ2v) is 7.33. The molecule has 1 aliphatic rings. The third-order valence-corrected chi connectivity index (χ3v) is 5.64. The third kappa shape index (κ3) is 5.15. The normalized spacial score (nSPS) is 15.9. The highest BCUT2D eigenvalue weighted by Crippen LogP contribution is 2.25. The number of amides is 2. The van der Waals surface area contributed by atoms with Gasteiger partial charge in [-0.2, -0.15) is 0 Å². The maximum absolute atomic E-state index is 12.3. The summed E-state index contributed by atoms with van der Waals surface area (Å²) in [6.45, 7) is 5.40. The van der Waals surface area contributed by atoms with Crippen LogP contribution in [0, 0.1) is 0 Å². The van der Waals surface area contributed by atoms with Crippen LogP contribution >= 0.6 is 11.3 Å². The summed E-state index contributed by atoms with van der Waals surface area (Å²) in [4.78, 5) is 28.1. The number of ether oxygens (including phenoxy) is 1. The van der Waals surface area contributed by atoms with E-state index in [1.165, 1.54) is 4.88 Å². The van der Waals surface area contributed by atoms with Crippen molar-refractivity contribution in [1.82, 2.24) is 10.2 Å². The second-order valence-electron chi connectivity index (χ2n) is 6.35. The number of rotatable bonds is 6. The van der Waals surface area contributed by atoms with Gasteiger partial charge >= 0.3 is 11.8 Å². The van der Waals surface area contributed by atoms with Gasteiger partial charge in [-0.05, 0) is 29.5 Å². The maximum Gasteiger partial charge on any atom is 0.313 e. The molecule has 0 unspecified atom stereocenters. The third-order valence-electron chi connectivity index (χ3n) is 4.67. The fourth-order valence-corrected chi connectivity index (χ4v) is 4.04. The number of benzene rings is 1. The van der Waals surface area contributed by atoms with Crippen molar-refractivity contribution in [3.05, 3.63) is 52.2 Å². The van der Waals surface area contributed by atoms with Crippen LogP contribution in [0.2, 0.25) is 0 Å². The molecule has 3 rings (SSSR count). The highest BCUT2D eigenvalue weighted by atomic mass is 32.1. The quantitative estimate of drug-likeness (QED) is 0.747. The van der Waals surface area contributed by atoms with Crippen molar-refractivity contribution in [2.75, 3.05) is 38.2 Å². The number of para-hydroxylation sites is 1. The Bertz CT molecular complexity index is 758. The summed E-state index contributed by atoms with van der Waals surface area (Å²) in [7, 11) is 0. The molecule has 1 saturated heterocycles. The van der Waals surface area contributed by atoms with Gasteiger partial charge in [0.1, 0.15) is 0 Å². The van der Waals surface area contributed by atoms with Crippen molar-refractivity contribution in [3.63, 3.8) is 0 Å². The van der Waals surface area contributed by atoms with Gasteiger partial charge in [-0.15, -0.1) is 11.3 Å². The van der Waals surface area contributed by atoms with Crippen molar-refractivity contribution in [2.45, 2.75) is 19.4 Å². The lowest BCUT2D eigenvalue weighted by molar-refractivity contribution is -0.136. The zero-order valence-electron chi connectivity index (χ0n) is 15.4. The van der Waals surface area contributed by atoms with Gasteiger partial charge in [0, 0.05) is 30.2 Å². The molecule has 6 nitrogen and oxygen atoms in total. The zero-order valence-corrected chi connectivity index (χ0v) is 16.3. The van der Waals surface area contributed by atoms with Gasteiger partial charge in [-0.25, -0.2) is 0 Å². The van der Waals surface area contributed by atoms with Crippen LogP contribution in [0.3, 0.4) is 0 Å². The van der Waals surface area contributed by atoms with Gasteiger partial charge in [-0.3, -0.25) is 14.5 Å². The maximum atomic E-state index is 12.3. The Morgan fingerprint density at radius 2 is 1.93 bits per heavy atom. The van der Waals surface area contributed by atoms with Crippen molar-refractivity contribution in [2.24, 2.45) is 0 Å². The molecular formula is C20H25N3O3S. The number of aryl methyl sites for hydroxylation is 1. The van der Waals surface area contributed by atoms with Gasteiger partial charge in [0.2, 0.25) is 0 Å². The van der Waals surface area contributed by atoms with E-state index in [4.69, 9.17) is 4.74 Å². The molecule has 1 fully saturated rings. The number of hydrogen-bond donors (Lipinski definition) is 2. The van der Waals surface area contributed by atoms with Crippen LogP contribution in [0.25, 0.3) is 0 Å². The van der Waals surface area contributed by atoms with Gasteiger partial charge in [0.15, 0.2) is 0 Å². The molecule has 0 spiro atoms. The Hall–Kier alpha value is -2.22. The molecule has 2 heterocycles. The number of nitrogens with zero attached hydrogens (tertiary/aromatic N) is 1. The average molecular weight is 388 g/mol. The molecule has 7 heteroatoms. The second kappa shape index (κ2) is 9.64. The lowest BCUT2D eigenvalue weighted by atomic mass is 10.1. The molecule has 144 valence electrons. The summed E-state index contributed by atoms with van der Waals surface area (Å²) >= 11 is 1.66. The molecule has 1 aromatic heterocycles. The van der Waals surface area contributed by atoms with E-state index in [-0.39, 0.29) is 6.04 Å². The molecule has 27 heavy (non-hydrogen) atoms. The molecule has 0 saturated carbocycles. The minimum atomic E-state index is -0.636. The van der Waals surface area contributed by atoms with Crippen LogP contribution in [-0.4, -0.2) is 49.6 Å². The molecule has 0 radical (unpaired) electrons. The van der Waals surface area contributed by atoms with Crippen LogP contribution in [0.5, 0.6) is 0 Å². The largest absolute Gasteiger partial charge is 0.379 e. The molecule has 0 bridgehead atoms. The van der Waals surface area contributed by atoms with E-state index in [0.717, 1.165) is 25.1 Å². The minimum Gasteiger partial charge on any atom is -0.379 e. The van der Waals surface area contributed by atoms with E-state index in [1.54, 1.807) is 11.3 Å². The Labute approximate surface area is 163 Å². The summed E-state index contributed by atoms with van der Waals surface area (Å²) in [5.41, 5.74) is 1.69. The fourth-order valence-electron chi connectivity index (χ4n) is 3.18. The molecular weight excluding hydrogens is 362 g/mol. The number of carbonyl (C=O) groups is 2. The smallest absolute Gasteiger partial charge is 0.313 e. The first-order valence-corrected chi connectivity index (χ1v) is 10.1. The van der Waals surface area contributed by atoms with Crippen molar-refractivity contribution in [1.29, 1.82) is 0 Å². The van der Waals surface area contributed by atoms with E-state index >= 15 is 0 Å². The highest BCUT2D eigenvalue weighted by molar-refractivity contribution is 7.10. The first-order chi connectivity index (χ1) is 13.2. The summed E-state index contributed by atoms with van der Waals surface area (Å²) in [6, 6.07) is 11.6. The summed E-state index contributed by atoms with van der Waals surface area (Å²) in [5, 5.41) is 7.54. The fraction of sp³-hybridized carbons (Fsp3) is 0.400. The van der Waals surface area contributed by atoms with Crippen LogP contribution in [0.1, 0.15) is 23.4 Å². The zero-order chi connectivity index (χ0) is 19.1. The summed E-state index contributed by atoms with van der Waals surface area (Å²) in [6.07, 6.45) is 0.787. The van der Waals surface area contributed by atoms with Crippen molar-refractivity contribution >= 4 is 28.8 Å². The highest BCUT2D eigenvalue weighted by Gasteiger charge is 2.25. The first kappa shape index (κ1) is 19.5. The van der Waals surface area contributed by atoms with E-state index in [0.29, 0.717) is 25.4 Å². The predicted molar refractivity (Wildman–Crippen MR) is 107 cm³/mol. The molecule has 1 atom stereocenters. The SMILES string of the molecule is CCc1ccccc1NC(=O)C(=O)NC[C@@H](c1cccs1)N1CCOCC1. The molecule has 2 amide bonds. The Morgan fingerprint density at radius 1 is 1.15 bits per heavy atom. The Balaban J connectivity index is 1.60. The van der Waals surface area contributed by atoms with Crippen molar-refractivity contribution in [3.8, 4) is 0 Å². The van der Waals surface area contributed by atoms with Gasteiger partial charge in [0.05, 0.1) is 19.3 Å². The molecule has 1 aromatic carbocycles. The number of carbonyl (C=O) groups excluding carboxylic acids is 2. The Morgan fingerprint density at radius 3 is 2.63 bits per heavy atom.